The average Bonchev–Trinajstić information content (AvgIpc) is 3.43. The lowest BCUT2D eigenvalue weighted by Crippen LogP contribution is -2.45. The van der Waals surface area contributed by atoms with E-state index in [9.17, 15) is 22.4 Å². The van der Waals surface area contributed by atoms with Crippen molar-refractivity contribution in [1.82, 2.24) is 20.4 Å². The van der Waals surface area contributed by atoms with Crippen LogP contribution < -0.4 is 20.9 Å². The largest absolute Gasteiger partial charge is 0.369 e. The van der Waals surface area contributed by atoms with Crippen LogP contribution in [0.25, 0.3) is 10.9 Å². The molecule has 11 nitrogen and oxygen atoms in total. The molecule has 4 N–H and O–H groups in total. The van der Waals surface area contributed by atoms with Gasteiger partial charge >= 0.3 is 0 Å². The first kappa shape index (κ1) is 29.7. The molecule has 2 aliphatic heterocycles. The molecule has 1 aromatic heterocycles. The van der Waals surface area contributed by atoms with Crippen molar-refractivity contribution in [2.75, 3.05) is 55.3 Å². The Kier molecular flexibility index (Phi) is 8.34. The zero-order valence-corrected chi connectivity index (χ0v) is 25.1. The SMILES string of the molecule is CN1CCN(c2ccc(C(=O)Nc3n[nH]c4ccc(S(=O)(=O)c5cccc(F)c5)cc34)c(NC(=O)C3CCCCN3)c2)CC1. The molecule has 6 rings (SSSR count). The Balaban J connectivity index is 1.30. The second-order valence-electron chi connectivity index (χ2n) is 11.2. The maximum absolute atomic E-state index is 13.8. The van der Waals surface area contributed by atoms with Crippen LogP contribution in [0.1, 0.15) is 29.6 Å². The number of benzene rings is 3. The van der Waals surface area contributed by atoms with Crippen molar-refractivity contribution in [1.29, 1.82) is 0 Å². The first-order valence-corrected chi connectivity index (χ1v) is 16.1. The van der Waals surface area contributed by atoms with Gasteiger partial charge in [-0.05, 0) is 81.0 Å². The van der Waals surface area contributed by atoms with E-state index in [1.54, 1.807) is 6.07 Å². The van der Waals surface area contributed by atoms with Crippen LogP contribution in [0.4, 0.5) is 21.6 Å². The number of likely N-dealkylation sites (N-methyl/N-ethyl adjacent to an activating group) is 1. The number of carbonyl (C=O) groups is 2. The summed E-state index contributed by atoms with van der Waals surface area (Å²) in [5.41, 5.74) is 2.03. The van der Waals surface area contributed by atoms with Gasteiger partial charge in [0.25, 0.3) is 5.91 Å². The van der Waals surface area contributed by atoms with E-state index in [4.69, 9.17) is 0 Å². The molecule has 2 fully saturated rings. The third kappa shape index (κ3) is 6.16. The Bertz CT molecular complexity index is 1810. The van der Waals surface area contributed by atoms with E-state index in [2.05, 4.69) is 43.0 Å². The fraction of sp³-hybridized carbons (Fsp3) is 0.323. The minimum absolute atomic E-state index is 0.0723. The fourth-order valence-corrected chi connectivity index (χ4v) is 6.91. The van der Waals surface area contributed by atoms with Crippen molar-refractivity contribution in [3.8, 4) is 0 Å². The van der Waals surface area contributed by atoms with E-state index >= 15 is 0 Å². The minimum atomic E-state index is -4.03. The highest BCUT2D eigenvalue weighted by Crippen LogP contribution is 2.30. The summed E-state index contributed by atoms with van der Waals surface area (Å²) >= 11 is 0. The lowest BCUT2D eigenvalue weighted by molar-refractivity contribution is -0.118. The molecule has 2 amide bonds. The van der Waals surface area contributed by atoms with Gasteiger partial charge in [-0.15, -0.1) is 0 Å². The summed E-state index contributed by atoms with van der Waals surface area (Å²) in [5.74, 6) is -1.26. The zero-order valence-electron chi connectivity index (χ0n) is 24.3. The van der Waals surface area contributed by atoms with Gasteiger partial charge in [-0.2, -0.15) is 5.10 Å². The van der Waals surface area contributed by atoms with Gasteiger partial charge in [0.05, 0.1) is 32.6 Å². The molecule has 230 valence electrons. The number of aromatic nitrogens is 2. The molecule has 0 bridgehead atoms. The predicted octanol–water partition coefficient (Wildman–Crippen LogP) is 3.62. The highest BCUT2D eigenvalue weighted by Gasteiger charge is 2.25. The van der Waals surface area contributed by atoms with Crippen molar-refractivity contribution in [3.05, 3.63) is 72.0 Å². The summed E-state index contributed by atoms with van der Waals surface area (Å²) in [4.78, 5) is 31.1. The van der Waals surface area contributed by atoms with Crippen LogP contribution in [0.2, 0.25) is 0 Å². The van der Waals surface area contributed by atoms with Gasteiger partial charge in [0, 0.05) is 37.3 Å². The Morgan fingerprint density at radius 1 is 0.955 bits per heavy atom. The molecular formula is C31H34FN7O4S. The normalized spacial score (nSPS) is 17.9. The molecule has 44 heavy (non-hydrogen) atoms. The Morgan fingerprint density at radius 2 is 1.75 bits per heavy atom. The van der Waals surface area contributed by atoms with Crippen LogP contribution in [-0.2, 0) is 14.6 Å². The van der Waals surface area contributed by atoms with Crippen molar-refractivity contribution in [2.24, 2.45) is 0 Å². The summed E-state index contributed by atoms with van der Waals surface area (Å²) in [6.07, 6.45) is 2.67. The van der Waals surface area contributed by atoms with Gasteiger partial charge in [-0.3, -0.25) is 14.7 Å². The molecule has 0 saturated carbocycles. The van der Waals surface area contributed by atoms with E-state index < -0.39 is 21.6 Å². The van der Waals surface area contributed by atoms with Gasteiger partial charge in [-0.1, -0.05) is 12.5 Å². The van der Waals surface area contributed by atoms with Gasteiger partial charge in [0.15, 0.2) is 5.82 Å². The highest BCUT2D eigenvalue weighted by molar-refractivity contribution is 7.91. The second kappa shape index (κ2) is 12.3. The molecule has 2 aliphatic rings. The molecule has 13 heteroatoms. The van der Waals surface area contributed by atoms with Crippen LogP contribution in [0, 0.1) is 5.82 Å². The number of sulfone groups is 1. The summed E-state index contributed by atoms with van der Waals surface area (Å²) < 4.78 is 40.2. The third-order valence-electron chi connectivity index (χ3n) is 8.18. The molecule has 3 heterocycles. The number of anilines is 3. The molecular weight excluding hydrogens is 585 g/mol. The minimum Gasteiger partial charge on any atom is -0.369 e. The number of H-pyrrole nitrogens is 1. The van der Waals surface area contributed by atoms with Crippen LogP contribution in [0.5, 0.6) is 0 Å². The number of piperazine rings is 1. The number of halogens is 1. The standard InChI is InChI=1S/C31H34FN7O4S/c1-38-13-15-39(16-14-38)21-8-10-24(28(18-21)34-31(41)27-7-2-3-12-33-27)30(40)35-29-25-19-23(9-11-26(25)36-37-29)44(42,43)22-6-4-5-20(32)17-22/h4-6,8-11,17-19,27,33H,2-3,7,12-16H2,1H3,(H,34,41)(H2,35,36,37,40). The van der Waals surface area contributed by atoms with Crippen molar-refractivity contribution < 1.29 is 22.4 Å². The van der Waals surface area contributed by atoms with E-state index in [1.807, 2.05) is 12.1 Å². The summed E-state index contributed by atoms with van der Waals surface area (Å²) in [7, 11) is -1.96. The molecule has 1 unspecified atom stereocenters. The number of hydrogen-bond acceptors (Lipinski definition) is 8. The number of aromatic amines is 1. The van der Waals surface area contributed by atoms with E-state index in [0.29, 0.717) is 23.0 Å². The number of amides is 2. The maximum Gasteiger partial charge on any atom is 0.258 e. The molecule has 3 aromatic carbocycles. The summed E-state index contributed by atoms with van der Waals surface area (Å²) in [5, 5.41) is 16.4. The van der Waals surface area contributed by atoms with Crippen LogP contribution in [0.15, 0.2) is 70.5 Å². The molecule has 0 radical (unpaired) electrons. The number of rotatable bonds is 7. The van der Waals surface area contributed by atoms with Crippen LogP contribution >= 0.6 is 0 Å². The van der Waals surface area contributed by atoms with E-state index in [1.165, 1.54) is 36.4 Å². The van der Waals surface area contributed by atoms with Gasteiger partial charge < -0.3 is 25.8 Å². The number of piperidine rings is 1. The van der Waals surface area contributed by atoms with Gasteiger partial charge in [-0.25, -0.2) is 12.8 Å². The molecule has 2 saturated heterocycles. The molecule has 0 aliphatic carbocycles. The fourth-order valence-electron chi connectivity index (χ4n) is 5.59. The number of nitrogens with zero attached hydrogens (tertiary/aromatic N) is 3. The van der Waals surface area contributed by atoms with E-state index in [0.717, 1.165) is 57.3 Å². The zero-order chi connectivity index (χ0) is 30.8. The van der Waals surface area contributed by atoms with Crippen molar-refractivity contribution in [3.63, 3.8) is 0 Å². The van der Waals surface area contributed by atoms with Crippen LogP contribution in [0.3, 0.4) is 0 Å². The van der Waals surface area contributed by atoms with Crippen LogP contribution in [-0.4, -0.2) is 81.1 Å². The topological polar surface area (TPSA) is 140 Å². The second-order valence-corrected chi connectivity index (χ2v) is 13.2. The third-order valence-corrected chi connectivity index (χ3v) is 9.93. The molecule has 0 spiro atoms. The summed E-state index contributed by atoms with van der Waals surface area (Å²) in [6, 6.07) is 14.1. The van der Waals surface area contributed by atoms with E-state index in [-0.39, 0.29) is 33.1 Å². The first-order valence-electron chi connectivity index (χ1n) is 14.6. The first-order chi connectivity index (χ1) is 21.2. The van der Waals surface area contributed by atoms with Crippen molar-refractivity contribution in [2.45, 2.75) is 35.1 Å². The van der Waals surface area contributed by atoms with Gasteiger partial charge in [0.1, 0.15) is 5.82 Å². The molecule has 4 aromatic rings. The lowest BCUT2D eigenvalue weighted by Gasteiger charge is -2.34. The number of hydrogen-bond donors (Lipinski definition) is 4. The van der Waals surface area contributed by atoms with Crippen molar-refractivity contribution >= 4 is 49.7 Å². The monoisotopic (exact) mass is 619 g/mol. The smallest absolute Gasteiger partial charge is 0.258 e. The predicted molar refractivity (Wildman–Crippen MR) is 166 cm³/mol. The number of nitrogens with one attached hydrogen (secondary N) is 4. The number of fused-ring (bicyclic) bond motifs is 1. The van der Waals surface area contributed by atoms with Gasteiger partial charge in [0.2, 0.25) is 15.7 Å². The average molecular weight is 620 g/mol. The number of carbonyl (C=O) groups excluding carboxylic acids is 2. The Hall–Kier alpha value is -4.33. The Labute approximate surface area is 254 Å². The molecule has 1 atom stereocenters. The maximum atomic E-state index is 13.8. The Morgan fingerprint density at radius 3 is 2.50 bits per heavy atom. The lowest BCUT2D eigenvalue weighted by atomic mass is 10.0. The highest BCUT2D eigenvalue weighted by atomic mass is 32.2. The quantitative estimate of drug-likeness (QED) is 0.246. The summed E-state index contributed by atoms with van der Waals surface area (Å²) in [6.45, 7) is 4.20.